The van der Waals surface area contributed by atoms with Gasteiger partial charge in [0.15, 0.2) is 11.5 Å². The molecule has 1 aliphatic heterocycles. The minimum Gasteiger partial charge on any atom is -0.452 e. The number of fused-ring (bicyclic) bond motifs is 1. The molecule has 0 fully saturated rings. The number of thiocarbonyl (C=S) groups is 1. The Hall–Kier alpha value is -2.13. The van der Waals surface area contributed by atoms with E-state index in [0.717, 1.165) is 17.0 Å². The fourth-order valence-corrected chi connectivity index (χ4v) is 2.68. The van der Waals surface area contributed by atoms with Gasteiger partial charge in [0, 0.05) is 7.05 Å². The summed E-state index contributed by atoms with van der Waals surface area (Å²) in [5, 5.41) is 0. The van der Waals surface area contributed by atoms with Gasteiger partial charge in [-0.15, -0.1) is 0 Å². The van der Waals surface area contributed by atoms with Crippen LogP contribution in [0.3, 0.4) is 0 Å². The van der Waals surface area contributed by atoms with E-state index in [1.807, 2.05) is 42.3 Å². The van der Waals surface area contributed by atoms with Crippen molar-refractivity contribution in [1.29, 1.82) is 0 Å². The Labute approximate surface area is 137 Å². The third-order valence-corrected chi connectivity index (χ3v) is 4.34. The molecule has 2 aromatic carbocycles. The summed E-state index contributed by atoms with van der Waals surface area (Å²) >= 11 is 5.53. The predicted molar refractivity (Wildman–Crippen MR) is 96.6 cm³/mol. The first-order chi connectivity index (χ1) is 10.6. The lowest BCUT2D eigenvalue weighted by Crippen LogP contribution is -2.32. The smallest absolute Gasteiger partial charge is 0.162 e. The Morgan fingerprint density at radius 1 is 1.05 bits per heavy atom. The molecule has 2 nitrogen and oxygen atoms in total. The van der Waals surface area contributed by atoms with Crippen molar-refractivity contribution in [3.05, 3.63) is 65.4 Å². The molecule has 0 aromatic heterocycles. The Morgan fingerprint density at radius 2 is 1.73 bits per heavy atom. The molecule has 0 amide bonds. The zero-order valence-electron chi connectivity index (χ0n) is 13.0. The van der Waals surface area contributed by atoms with Crippen LogP contribution in [0.2, 0.25) is 0 Å². The molecule has 0 aliphatic carbocycles. The maximum absolute atomic E-state index is 5.97. The minimum atomic E-state index is 0.534. The normalized spacial score (nSPS) is 15.9. The van der Waals surface area contributed by atoms with Crippen molar-refractivity contribution in [3.8, 4) is 5.75 Å². The van der Waals surface area contributed by atoms with E-state index in [0.29, 0.717) is 16.7 Å². The molecule has 0 saturated carbocycles. The SMILES string of the molecule is CC(C)c1ccc(/C=C2\Oc3ccccc3N(C)C2=S)cc1. The summed E-state index contributed by atoms with van der Waals surface area (Å²) in [7, 11) is 1.97. The molecule has 3 rings (SSSR count). The standard InChI is InChI=1S/C19H19NOS/c1-13(2)15-10-8-14(9-11-15)12-18-19(22)20(3)16-6-4-5-7-17(16)21-18/h4-13H,1-3H3/b18-12-. The highest BCUT2D eigenvalue weighted by Crippen LogP contribution is 2.35. The number of para-hydroxylation sites is 2. The van der Waals surface area contributed by atoms with Crippen LogP contribution in [0.1, 0.15) is 30.9 Å². The fourth-order valence-electron chi connectivity index (χ4n) is 2.48. The highest BCUT2D eigenvalue weighted by molar-refractivity contribution is 7.81. The van der Waals surface area contributed by atoms with Crippen molar-refractivity contribution in [1.82, 2.24) is 0 Å². The van der Waals surface area contributed by atoms with Crippen molar-refractivity contribution in [3.63, 3.8) is 0 Å². The summed E-state index contributed by atoms with van der Waals surface area (Å²) in [6.07, 6.45) is 2.00. The van der Waals surface area contributed by atoms with E-state index in [-0.39, 0.29) is 0 Å². The Balaban J connectivity index is 1.93. The Morgan fingerprint density at radius 3 is 2.41 bits per heavy atom. The largest absolute Gasteiger partial charge is 0.452 e. The summed E-state index contributed by atoms with van der Waals surface area (Å²) in [5.41, 5.74) is 3.42. The highest BCUT2D eigenvalue weighted by Gasteiger charge is 2.23. The third-order valence-electron chi connectivity index (χ3n) is 3.86. The molecule has 0 unspecified atom stereocenters. The molecule has 0 spiro atoms. The summed E-state index contributed by atoms with van der Waals surface area (Å²) in [6, 6.07) is 16.4. The molecular formula is C19H19NOS. The maximum Gasteiger partial charge on any atom is 0.162 e. The number of nitrogens with zero attached hydrogens (tertiary/aromatic N) is 1. The Kier molecular flexibility index (Phi) is 3.99. The number of anilines is 1. The number of likely N-dealkylation sites (N-methyl/N-ethyl adjacent to an activating group) is 1. The fraction of sp³-hybridized carbons (Fsp3) is 0.211. The van der Waals surface area contributed by atoms with E-state index in [1.54, 1.807) is 0 Å². The van der Waals surface area contributed by atoms with Crippen molar-refractivity contribution in [2.45, 2.75) is 19.8 Å². The van der Waals surface area contributed by atoms with Crippen LogP contribution in [-0.2, 0) is 0 Å². The average Bonchev–Trinajstić information content (AvgIpc) is 2.53. The summed E-state index contributed by atoms with van der Waals surface area (Å²) in [5.74, 6) is 2.09. The lowest BCUT2D eigenvalue weighted by molar-refractivity contribution is 0.452. The zero-order chi connectivity index (χ0) is 15.7. The topological polar surface area (TPSA) is 12.5 Å². The molecule has 0 saturated heterocycles. The number of hydrogen-bond donors (Lipinski definition) is 0. The second-order valence-corrected chi connectivity index (χ2v) is 6.15. The quantitative estimate of drug-likeness (QED) is 0.572. The van der Waals surface area contributed by atoms with Crippen LogP contribution in [-0.4, -0.2) is 12.0 Å². The van der Waals surface area contributed by atoms with Gasteiger partial charge in [-0.05, 0) is 35.3 Å². The first kappa shape index (κ1) is 14.8. The number of benzene rings is 2. The molecular weight excluding hydrogens is 290 g/mol. The molecule has 2 aromatic rings. The summed E-state index contributed by atoms with van der Waals surface area (Å²) < 4.78 is 5.97. The van der Waals surface area contributed by atoms with Gasteiger partial charge in [0.05, 0.1) is 5.69 Å². The molecule has 0 atom stereocenters. The second-order valence-electron chi connectivity index (χ2n) is 5.76. The molecule has 0 bridgehead atoms. The number of rotatable bonds is 2. The van der Waals surface area contributed by atoms with Crippen molar-refractivity contribution >= 4 is 29.0 Å². The van der Waals surface area contributed by atoms with Gasteiger partial charge in [0.1, 0.15) is 4.99 Å². The van der Waals surface area contributed by atoms with Gasteiger partial charge in [-0.25, -0.2) is 0 Å². The van der Waals surface area contributed by atoms with E-state index in [2.05, 4.69) is 38.1 Å². The van der Waals surface area contributed by atoms with Crippen LogP contribution < -0.4 is 9.64 Å². The van der Waals surface area contributed by atoms with Gasteiger partial charge in [-0.3, -0.25) is 0 Å². The van der Waals surface area contributed by atoms with Gasteiger partial charge < -0.3 is 9.64 Å². The summed E-state index contributed by atoms with van der Waals surface area (Å²) in [6.45, 7) is 4.39. The first-order valence-corrected chi connectivity index (χ1v) is 7.83. The van der Waals surface area contributed by atoms with Crippen LogP contribution >= 0.6 is 12.2 Å². The third kappa shape index (κ3) is 2.77. The average molecular weight is 309 g/mol. The molecule has 112 valence electrons. The van der Waals surface area contributed by atoms with Gasteiger partial charge in [0.25, 0.3) is 0 Å². The summed E-state index contributed by atoms with van der Waals surface area (Å²) in [4.78, 5) is 2.69. The van der Waals surface area contributed by atoms with E-state index >= 15 is 0 Å². The van der Waals surface area contributed by atoms with E-state index in [1.165, 1.54) is 5.56 Å². The van der Waals surface area contributed by atoms with Crippen LogP contribution in [0, 0.1) is 0 Å². The van der Waals surface area contributed by atoms with Crippen molar-refractivity contribution in [2.24, 2.45) is 0 Å². The Bertz CT molecular complexity index is 731. The van der Waals surface area contributed by atoms with E-state index in [4.69, 9.17) is 17.0 Å². The minimum absolute atomic E-state index is 0.534. The van der Waals surface area contributed by atoms with E-state index in [9.17, 15) is 0 Å². The van der Waals surface area contributed by atoms with Crippen LogP contribution in [0.5, 0.6) is 5.75 Å². The van der Waals surface area contributed by atoms with Gasteiger partial charge >= 0.3 is 0 Å². The molecule has 1 aliphatic rings. The molecule has 0 N–H and O–H groups in total. The van der Waals surface area contributed by atoms with Crippen LogP contribution in [0.4, 0.5) is 5.69 Å². The highest BCUT2D eigenvalue weighted by atomic mass is 32.1. The van der Waals surface area contributed by atoms with Gasteiger partial charge in [-0.1, -0.05) is 62.5 Å². The lowest BCUT2D eigenvalue weighted by atomic mass is 10.0. The molecule has 0 radical (unpaired) electrons. The van der Waals surface area contributed by atoms with E-state index < -0.39 is 0 Å². The van der Waals surface area contributed by atoms with Crippen molar-refractivity contribution in [2.75, 3.05) is 11.9 Å². The maximum atomic E-state index is 5.97. The molecule has 3 heteroatoms. The second kappa shape index (κ2) is 5.93. The number of hydrogen-bond acceptors (Lipinski definition) is 2. The first-order valence-electron chi connectivity index (χ1n) is 7.43. The van der Waals surface area contributed by atoms with Crippen molar-refractivity contribution < 1.29 is 4.74 Å². The lowest BCUT2D eigenvalue weighted by Gasteiger charge is -2.29. The molecule has 22 heavy (non-hydrogen) atoms. The predicted octanol–water partition coefficient (Wildman–Crippen LogP) is 5.01. The van der Waals surface area contributed by atoms with Crippen LogP contribution in [0.15, 0.2) is 54.3 Å². The zero-order valence-corrected chi connectivity index (χ0v) is 13.9. The monoisotopic (exact) mass is 309 g/mol. The molecule has 1 heterocycles. The van der Waals surface area contributed by atoms with Crippen LogP contribution in [0.25, 0.3) is 6.08 Å². The van der Waals surface area contributed by atoms with Gasteiger partial charge in [-0.2, -0.15) is 0 Å². The van der Waals surface area contributed by atoms with Gasteiger partial charge in [0.2, 0.25) is 0 Å². The number of ether oxygens (including phenoxy) is 1.